The Kier molecular flexibility index (Phi) is 6.25. The van der Waals surface area contributed by atoms with E-state index in [2.05, 4.69) is 19.7 Å². The van der Waals surface area contributed by atoms with Crippen LogP contribution in [-0.4, -0.2) is 48.8 Å². The van der Waals surface area contributed by atoms with Gasteiger partial charge in [0.1, 0.15) is 17.3 Å². The standard InChI is InChI=1S/C19H20N4O5S/c1-13-11-21-18(19(22-13)27-2)23-29(25,26)17-12-20-8-7-15(17)14-5-3-4-6-16(14)28-10-9-24/h3-8,11-12,24H,9-10H2,1-2H3,(H,21,23). The highest BCUT2D eigenvalue weighted by Crippen LogP contribution is 2.35. The molecule has 1 aromatic carbocycles. The lowest BCUT2D eigenvalue weighted by atomic mass is 10.1. The van der Waals surface area contributed by atoms with Gasteiger partial charge in [0.15, 0.2) is 0 Å². The van der Waals surface area contributed by atoms with E-state index in [1.807, 2.05) is 0 Å². The summed E-state index contributed by atoms with van der Waals surface area (Å²) in [6.45, 7) is 1.64. The summed E-state index contributed by atoms with van der Waals surface area (Å²) in [6.07, 6.45) is 4.17. The molecule has 0 saturated carbocycles. The Morgan fingerprint density at radius 2 is 1.93 bits per heavy atom. The zero-order chi connectivity index (χ0) is 20.9. The van der Waals surface area contributed by atoms with Crippen molar-refractivity contribution in [1.82, 2.24) is 15.0 Å². The Bertz CT molecular complexity index is 1110. The maximum atomic E-state index is 13.1. The highest BCUT2D eigenvalue weighted by molar-refractivity contribution is 7.92. The second-order valence-electron chi connectivity index (χ2n) is 5.91. The largest absolute Gasteiger partial charge is 0.491 e. The number of benzene rings is 1. The van der Waals surface area contributed by atoms with Gasteiger partial charge in [-0.1, -0.05) is 18.2 Å². The fraction of sp³-hybridized carbons (Fsp3) is 0.211. The fourth-order valence-electron chi connectivity index (χ4n) is 2.64. The van der Waals surface area contributed by atoms with Crippen molar-refractivity contribution in [1.29, 1.82) is 0 Å². The number of aryl methyl sites for hydroxylation is 1. The molecule has 0 amide bonds. The van der Waals surface area contributed by atoms with Crippen LogP contribution in [0.4, 0.5) is 5.82 Å². The van der Waals surface area contributed by atoms with E-state index >= 15 is 0 Å². The number of ether oxygens (including phenoxy) is 2. The van der Waals surface area contributed by atoms with E-state index in [-0.39, 0.29) is 29.8 Å². The van der Waals surface area contributed by atoms with Gasteiger partial charge in [0.25, 0.3) is 15.9 Å². The minimum atomic E-state index is -4.07. The summed E-state index contributed by atoms with van der Waals surface area (Å²) in [6, 6.07) is 8.53. The molecule has 0 aliphatic rings. The van der Waals surface area contributed by atoms with Gasteiger partial charge in [-0.15, -0.1) is 0 Å². The normalized spacial score (nSPS) is 11.1. The number of hydrogen-bond donors (Lipinski definition) is 2. The van der Waals surface area contributed by atoms with Crippen molar-refractivity contribution < 1.29 is 23.0 Å². The Balaban J connectivity index is 2.05. The predicted octanol–water partition coefficient (Wildman–Crippen LogP) is 2.03. The number of methoxy groups -OCH3 is 1. The molecule has 2 N–H and O–H groups in total. The maximum Gasteiger partial charge on any atom is 0.265 e. The van der Waals surface area contributed by atoms with E-state index in [0.29, 0.717) is 22.6 Å². The molecule has 0 aliphatic heterocycles. The first-order chi connectivity index (χ1) is 14.0. The van der Waals surface area contributed by atoms with Crippen LogP contribution in [0.25, 0.3) is 11.1 Å². The number of nitrogens with one attached hydrogen (secondary N) is 1. The molecule has 0 radical (unpaired) electrons. The van der Waals surface area contributed by atoms with Crippen molar-refractivity contribution in [2.45, 2.75) is 11.8 Å². The average molecular weight is 416 g/mol. The molecule has 2 heterocycles. The van der Waals surface area contributed by atoms with Crippen molar-refractivity contribution in [3.05, 3.63) is 54.6 Å². The molecule has 0 atom stereocenters. The number of pyridine rings is 1. The molecule has 9 nitrogen and oxygen atoms in total. The minimum absolute atomic E-state index is 0.0299. The van der Waals surface area contributed by atoms with Gasteiger partial charge in [0, 0.05) is 23.5 Å². The summed E-state index contributed by atoms with van der Waals surface area (Å²) in [5.41, 5.74) is 1.52. The number of nitrogens with zero attached hydrogens (tertiary/aromatic N) is 3. The van der Waals surface area contributed by atoms with Crippen molar-refractivity contribution in [2.75, 3.05) is 25.0 Å². The molecule has 3 aromatic rings. The lowest BCUT2D eigenvalue weighted by molar-refractivity contribution is 0.202. The van der Waals surface area contributed by atoms with Crippen LogP contribution in [0.15, 0.2) is 53.8 Å². The number of aromatic nitrogens is 3. The molecule has 29 heavy (non-hydrogen) atoms. The first kappa shape index (κ1) is 20.5. The zero-order valence-corrected chi connectivity index (χ0v) is 16.7. The third kappa shape index (κ3) is 4.61. The van der Waals surface area contributed by atoms with Crippen LogP contribution in [0.1, 0.15) is 5.69 Å². The van der Waals surface area contributed by atoms with Gasteiger partial charge in [-0.05, 0) is 19.1 Å². The van der Waals surface area contributed by atoms with Crippen LogP contribution in [0, 0.1) is 6.92 Å². The number of para-hydroxylation sites is 1. The third-order valence-corrected chi connectivity index (χ3v) is 5.25. The Labute approximate surface area is 168 Å². The quantitative estimate of drug-likeness (QED) is 0.572. The van der Waals surface area contributed by atoms with E-state index in [0.717, 1.165) is 0 Å². The van der Waals surface area contributed by atoms with Crippen molar-refractivity contribution in [3.63, 3.8) is 0 Å². The predicted molar refractivity (Wildman–Crippen MR) is 106 cm³/mol. The molecular weight excluding hydrogens is 396 g/mol. The van der Waals surface area contributed by atoms with Gasteiger partial charge in [-0.2, -0.15) is 0 Å². The summed E-state index contributed by atoms with van der Waals surface area (Å²) in [4.78, 5) is 12.1. The zero-order valence-electron chi connectivity index (χ0n) is 15.9. The van der Waals surface area contributed by atoms with Crippen LogP contribution in [-0.2, 0) is 10.0 Å². The van der Waals surface area contributed by atoms with Crippen molar-refractivity contribution >= 4 is 15.8 Å². The number of anilines is 1. The highest BCUT2D eigenvalue weighted by Gasteiger charge is 2.24. The number of aliphatic hydroxyl groups is 1. The van der Waals surface area contributed by atoms with Gasteiger partial charge in [-0.25, -0.2) is 18.4 Å². The van der Waals surface area contributed by atoms with Crippen molar-refractivity contribution in [3.8, 4) is 22.8 Å². The Morgan fingerprint density at radius 3 is 2.69 bits per heavy atom. The highest BCUT2D eigenvalue weighted by atomic mass is 32.2. The molecule has 2 aromatic heterocycles. The first-order valence-corrected chi connectivity index (χ1v) is 10.1. The number of rotatable bonds is 8. The number of aliphatic hydroxyl groups excluding tert-OH is 1. The lowest BCUT2D eigenvalue weighted by Gasteiger charge is -2.15. The molecule has 0 unspecified atom stereocenters. The average Bonchev–Trinajstić information content (AvgIpc) is 2.73. The van der Waals surface area contributed by atoms with Gasteiger partial charge < -0.3 is 14.6 Å². The Morgan fingerprint density at radius 1 is 1.14 bits per heavy atom. The molecule has 0 spiro atoms. The van der Waals surface area contributed by atoms with E-state index in [9.17, 15) is 8.42 Å². The van der Waals surface area contributed by atoms with Crippen LogP contribution in [0.3, 0.4) is 0 Å². The molecule has 152 valence electrons. The van der Waals surface area contributed by atoms with Crippen LogP contribution < -0.4 is 14.2 Å². The second-order valence-corrected chi connectivity index (χ2v) is 7.57. The fourth-order valence-corrected chi connectivity index (χ4v) is 3.81. The summed E-state index contributed by atoms with van der Waals surface area (Å²) < 4.78 is 39.3. The summed E-state index contributed by atoms with van der Waals surface area (Å²) in [5, 5.41) is 9.04. The molecule has 3 rings (SSSR count). The number of sulfonamides is 1. The SMILES string of the molecule is COc1nc(C)cnc1NS(=O)(=O)c1cnccc1-c1ccccc1OCCO. The Hall–Kier alpha value is -3.24. The summed E-state index contributed by atoms with van der Waals surface area (Å²) in [7, 11) is -2.69. The van der Waals surface area contributed by atoms with Crippen LogP contribution >= 0.6 is 0 Å². The van der Waals surface area contributed by atoms with E-state index < -0.39 is 10.0 Å². The van der Waals surface area contributed by atoms with E-state index in [4.69, 9.17) is 14.6 Å². The first-order valence-electron chi connectivity index (χ1n) is 8.64. The smallest absolute Gasteiger partial charge is 0.265 e. The summed E-state index contributed by atoms with van der Waals surface area (Å²) in [5.74, 6) is 0.473. The molecule has 0 bridgehead atoms. The van der Waals surface area contributed by atoms with Gasteiger partial charge >= 0.3 is 0 Å². The number of hydrogen-bond acceptors (Lipinski definition) is 8. The topological polar surface area (TPSA) is 124 Å². The monoisotopic (exact) mass is 416 g/mol. The maximum absolute atomic E-state index is 13.1. The summed E-state index contributed by atoms with van der Waals surface area (Å²) >= 11 is 0. The molecule has 10 heteroatoms. The van der Waals surface area contributed by atoms with Crippen LogP contribution in [0.5, 0.6) is 11.6 Å². The van der Waals surface area contributed by atoms with E-state index in [1.165, 1.54) is 25.7 Å². The molecule has 0 fully saturated rings. The lowest BCUT2D eigenvalue weighted by Crippen LogP contribution is -2.16. The molecule has 0 saturated heterocycles. The van der Waals surface area contributed by atoms with Gasteiger partial charge in [0.2, 0.25) is 5.82 Å². The van der Waals surface area contributed by atoms with Gasteiger partial charge in [0.05, 0.1) is 25.6 Å². The molecular formula is C19H20N4O5S. The minimum Gasteiger partial charge on any atom is -0.491 e. The van der Waals surface area contributed by atoms with Crippen LogP contribution in [0.2, 0.25) is 0 Å². The third-order valence-electron chi connectivity index (χ3n) is 3.89. The van der Waals surface area contributed by atoms with E-state index in [1.54, 1.807) is 37.3 Å². The van der Waals surface area contributed by atoms with Gasteiger partial charge in [-0.3, -0.25) is 9.71 Å². The van der Waals surface area contributed by atoms with Crippen molar-refractivity contribution in [2.24, 2.45) is 0 Å². The second kappa shape index (κ2) is 8.84. The molecule has 0 aliphatic carbocycles.